The second kappa shape index (κ2) is 6.01. The van der Waals surface area contributed by atoms with Crippen LogP contribution >= 0.6 is 0 Å². The molecule has 0 aromatic heterocycles. The number of carboxylic acid groups (broad SMARTS) is 1. The van der Waals surface area contributed by atoms with Crippen LogP contribution in [-0.2, 0) is 11.3 Å². The first kappa shape index (κ1) is 14.7. The van der Waals surface area contributed by atoms with Crippen LogP contribution in [-0.4, -0.2) is 28.6 Å². The van der Waals surface area contributed by atoms with Crippen molar-refractivity contribution in [1.29, 1.82) is 0 Å². The lowest BCUT2D eigenvalue weighted by molar-refractivity contribution is -0.138. The molecule has 1 aromatic rings. The zero-order valence-electron chi connectivity index (χ0n) is 11.9. The number of rotatable bonds is 5. The number of hydrogen-bond acceptors (Lipinski definition) is 2. The maximum Gasteiger partial charge on any atom is 0.317 e. The summed E-state index contributed by atoms with van der Waals surface area (Å²) in [6.45, 7) is 11.1. The Morgan fingerprint density at radius 1 is 1.22 bits per heavy atom. The third kappa shape index (κ3) is 3.84. The van der Waals surface area contributed by atoms with Crippen molar-refractivity contribution in [3.8, 4) is 0 Å². The molecule has 0 saturated carbocycles. The van der Waals surface area contributed by atoms with Crippen LogP contribution in [0.5, 0.6) is 0 Å². The third-order valence-corrected chi connectivity index (χ3v) is 3.27. The van der Waals surface area contributed by atoms with Gasteiger partial charge in [-0.3, -0.25) is 9.69 Å². The summed E-state index contributed by atoms with van der Waals surface area (Å²) in [4.78, 5) is 12.9. The molecule has 0 aliphatic rings. The number of aliphatic carboxylic acids is 1. The number of carboxylic acids is 1. The lowest BCUT2D eigenvalue weighted by Crippen LogP contribution is -2.35. The van der Waals surface area contributed by atoms with Gasteiger partial charge in [-0.25, -0.2) is 0 Å². The second-order valence-corrected chi connectivity index (χ2v) is 5.27. The highest BCUT2D eigenvalue weighted by Gasteiger charge is 2.16. The number of benzene rings is 1. The fourth-order valence-corrected chi connectivity index (χ4v) is 2.26. The number of nitrogens with zero attached hydrogens (tertiary/aromatic N) is 1. The van der Waals surface area contributed by atoms with Crippen molar-refractivity contribution >= 4 is 5.97 Å². The Balaban J connectivity index is 2.97. The van der Waals surface area contributed by atoms with Crippen molar-refractivity contribution in [2.24, 2.45) is 0 Å². The van der Waals surface area contributed by atoms with Crippen molar-refractivity contribution in [2.75, 3.05) is 6.54 Å². The third-order valence-electron chi connectivity index (χ3n) is 3.27. The van der Waals surface area contributed by atoms with Crippen molar-refractivity contribution in [3.63, 3.8) is 0 Å². The smallest absolute Gasteiger partial charge is 0.317 e. The van der Waals surface area contributed by atoms with E-state index in [2.05, 4.69) is 32.9 Å². The van der Waals surface area contributed by atoms with Crippen molar-refractivity contribution in [2.45, 2.75) is 47.2 Å². The summed E-state index contributed by atoms with van der Waals surface area (Å²) in [5.74, 6) is -0.772. The Morgan fingerprint density at radius 3 is 2.11 bits per heavy atom. The molecule has 1 aromatic carbocycles. The molecule has 100 valence electrons. The van der Waals surface area contributed by atoms with Gasteiger partial charge in [-0.15, -0.1) is 0 Å². The topological polar surface area (TPSA) is 40.5 Å². The molecule has 0 aliphatic carbocycles. The molecule has 0 radical (unpaired) electrons. The molecule has 0 spiro atoms. The maximum atomic E-state index is 10.9. The summed E-state index contributed by atoms with van der Waals surface area (Å²) in [5.41, 5.74) is 4.98. The standard InChI is InChI=1S/C15H23NO2/c1-10(2)16(9-15(17)18)8-14-12(4)6-11(3)7-13(14)5/h6-7,10H,8-9H2,1-5H3,(H,17,18). The van der Waals surface area contributed by atoms with E-state index in [1.54, 1.807) is 0 Å². The molecule has 0 heterocycles. The van der Waals surface area contributed by atoms with E-state index in [1.807, 2.05) is 18.7 Å². The van der Waals surface area contributed by atoms with Crippen LogP contribution in [0.25, 0.3) is 0 Å². The molecule has 3 nitrogen and oxygen atoms in total. The van der Waals surface area contributed by atoms with Crippen LogP contribution in [0, 0.1) is 20.8 Å². The summed E-state index contributed by atoms with van der Waals surface area (Å²) in [6.07, 6.45) is 0. The minimum atomic E-state index is -0.772. The molecule has 0 amide bonds. The molecule has 0 atom stereocenters. The maximum absolute atomic E-state index is 10.9. The monoisotopic (exact) mass is 249 g/mol. The highest BCUT2D eigenvalue weighted by Crippen LogP contribution is 2.19. The van der Waals surface area contributed by atoms with Crippen LogP contribution in [0.15, 0.2) is 12.1 Å². The van der Waals surface area contributed by atoms with E-state index in [0.717, 1.165) is 0 Å². The Hall–Kier alpha value is -1.35. The van der Waals surface area contributed by atoms with Crippen LogP contribution in [0.3, 0.4) is 0 Å². The Kier molecular flexibility index (Phi) is 4.91. The Bertz CT molecular complexity index is 415. The zero-order chi connectivity index (χ0) is 13.9. The molecule has 0 aliphatic heterocycles. The average Bonchev–Trinajstić information content (AvgIpc) is 2.20. The van der Waals surface area contributed by atoms with Gasteiger partial charge in [-0.1, -0.05) is 17.7 Å². The van der Waals surface area contributed by atoms with Gasteiger partial charge in [-0.05, 0) is 51.3 Å². The van der Waals surface area contributed by atoms with Gasteiger partial charge in [0.15, 0.2) is 0 Å². The van der Waals surface area contributed by atoms with Gasteiger partial charge in [0.25, 0.3) is 0 Å². The number of aryl methyl sites for hydroxylation is 3. The lowest BCUT2D eigenvalue weighted by Gasteiger charge is -2.26. The summed E-state index contributed by atoms with van der Waals surface area (Å²) >= 11 is 0. The molecular formula is C15H23NO2. The van der Waals surface area contributed by atoms with E-state index < -0.39 is 5.97 Å². The van der Waals surface area contributed by atoms with E-state index in [9.17, 15) is 4.79 Å². The molecule has 1 rings (SSSR count). The van der Waals surface area contributed by atoms with E-state index in [-0.39, 0.29) is 12.6 Å². The summed E-state index contributed by atoms with van der Waals surface area (Å²) in [6, 6.07) is 4.53. The van der Waals surface area contributed by atoms with Crippen LogP contribution in [0.4, 0.5) is 0 Å². The molecule has 0 unspecified atom stereocenters. The largest absolute Gasteiger partial charge is 0.480 e. The van der Waals surface area contributed by atoms with Crippen LogP contribution in [0.1, 0.15) is 36.1 Å². The lowest BCUT2D eigenvalue weighted by atomic mass is 9.99. The van der Waals surface area contributed by atoms with E-state index >= 15 is 0 Å². The second-order valence-electron chi connectivity index (χ2n) is 5.27. The van der Waals surface area contributed by atoms with E-state index in [0.29, 0.717) is 6.54 Å². The molecule has 0 bridgehead atoms. The molecule has 3 heteroatoms. The van der Waals surface area contributed by atoms with Gasteiger partial charge in [0.1, 0.15) is 0 Å². The Morgan fingerprint density at radius 2 is 1.72 bits per heavy atom. The predicted molar refractivity (Wildman–Crippen MR) is 73.8 cm³/mol. The summed E-state index contributed by atoms with van der Waals surface area (Å²) in [5, 5.41) is 8.95. The summed E-state index contributed by atoms with van der Waals surface area (Å²) in [7, 11) is 0. The number of hydrogen-bond donors (Lipinski definition) is 1. The van der Waals surface area contributed by atoms with Gasteiger partial charge in [0.2, 0.25) is 0 Å². The quantitative estimate of drug-likeness (QED) is 0.872. The van der Waals surface area contributed by atoms with Gasteiger partial charge in [-0.2, -0.15) is 0 Å². The first-order valence-electron chi connectivity index (χ1n) is 6.33. The minimum Gasteiger partial charge on any atom is -0.480 e. The molecule has 1 N–H and O–H groups in total. The van der Waals surface area contributed by atoms with Gasteiger partial charge in [0, 0.05) is 12.6 Å². The zero-order valence-corrected chi connectivity index (χ0v) is 11.9. The Labute approximate surface area is 109 Å². The van der Waals surface area contributed by atoms with E-state index in [1.165, 1.54) is 22.3 Å². The minimum absolute atomic E-state index is 0.0877. The van der Waals surface area contributed by atoms with Gasteiger partial charge in [0.05, 0.1) is 6.54 Å². The average molecular weight is 249 g/mol. The normalized spacial score (nSPS) is 11.3. The van der Waals surface area contributed by atoms with Gasteiger partial charge < -0.3 is 5.11 Å². The van der Waals surface area contributed by atoms with Crippen molar-refractivity contribution in [1.82, 2.24) is 4.90 Å². The molecular weight excluding hydrogens is 226 g/mol. The first-order valence-corrected chi connectivity index (χ1v) is 6.33. The molecule has 0 saturated heterocycles. The van der Waals surface area contributed by atoms with Crippen molar-refractivity contribution in [3.05, 3.63) is 34.4 Å². The molecule has 0 fully saturated rings. The highest BCUT2D eigenvalue weighted by atomic mass is 16.4. The highest BCUT2D eigenvalue weighted by molar-refractivity contribution is 5.69. The predicted octanol–water partition coefficient (Wildman–Crippen LogP) is 2.91. The van der Waals surface area contributed by atoms with Crippen molar-refractivity contribution < 1.29 is 9.90 Å². The molecule has 18 heavy (non-hydrogen) atoms. The number of carbonyl (C=O) groups is 1. The SMILES string of the molecule is Cc1cc(C)c(CN(CC(=O)O)C(C)C)c(C)c1. The van der Waals surface area contributed by atoms with Crippen LogP contribution < -0.4 is 0 Å². The first-order chi connectivity index (χ1) is 8.31. The fraction of sp³-hybridized carbons (Fsp3) is 0.533. The van der Waals surface area contributed by atoms with Gasteiger partial charge >= 0.3 is 5.97 Å². The fourth-order valence-electron chi connectivity index (χ4n) is 2.26. The summed E-state index contributed by atoms with van der Waals surface area (Å²) < 4.78 is 0. The van der Waals surface area contributed by atoms with E-state index in [4.69, 9.17) is 5.11 Å². The van der Waals surface area contributed by atoms with Crippen LogP contribution in [0.2, 0.25) is 0 Å².